The number of anilines is 1. The first-order valence-electron chi connectivity index (χ1n) is 10.7. The molecule has 0 bridgehead atoms. The molecule has 0 saturated heterocycles. The largest absolute Gasteiger partial charge is 0.492 e. The molecule has 3 aromatic rings. The predicted molar refractivity (Wildman–Crippen MR) is 130 cm³/mol. The molecule has 6 nitrogen and oxygen atoms in total. The molecule has 0 saturated carbocycles. The van der Waals surface area contributed by atoms with Crippen molar-refractivity contribution in [2.45, 2.75) is 33.2 Å². The number of hydrogen-bond donors (Lipinski definition) is 1. The summed E-state index contributed by atoms with van der Waals surface area (Å²) in [6.45, 7) is 6.10. The van der Waals surface area contributed by atoms with Crippen molar-refractivity contribution < 1.29 is 17.9 Å². The lowest BCUT2D eigenvalue weighted by molar-refractivity contribution is -0.122. The van der Waals surface area contributed by atoms with Gasteiger partial charge in [-0.2, -0.15) is 0 Å². The number of carbonyl (C=O) groups is 1. The van der Waals surface area contributed by atoms with Gasteiger partial charge in [0.25, 0.3) is 0 Å². The highest BCUT2D eigenvalue weighted by Crippen LogP contribution is 2.27. The monoisotopic (exact) mass is 454 g/mol. The Balaban J connectivity index is 1.67. The maximum atomic E-state index is 12.9. The van der Waals surface area contributed by atoms with Crippen LogP contribution >= 0.6 is 0 Å². The zero-order valence-corrected chi connectivity index (χ0v) is 19.8. The van der Waals surface area contributed by atoms with Crippen molar-refractivity contribution in [3.8, 4) is 5.75 Å². The number of aryl methyl sites for hydroxylation is 2. The number of amides is 1. The average Bonchev–Trinajstić information content (AvgIpc) is 2.75. The number of nitrogens with zero attached hydrogens (tertiary/aromatic N) is 1. The summed E-state index contributed by atoms with van der Waals surface area (Å²) in [7, 11) is -3.67. The van der Waals surface area contributed by atoms with Crippen LogP contribution in [0.4, 0.5) is 5.69 Å². The minimum absolute atomic E-state index is 0.270. The molecule has 3 rings (SSSR count). The Morgan fingerprint density at radius 3 is 2.44 bits per heavy atom. The van der Waals surface area contributed by atoms with E-state index in [0.717, 1.165) is 33.9 Å². The van der Waals surface area contributed by atoms with Crippen LogP contribution in [0.1, 0.15) is 24.5 Å². The minimum atomic E-state index is -3.67. The lowest BCUT2D eigenvalue weighted by Gasteiger charge is -2.31. The van der Waals surface area contributed by atoms with Crippen molar-refractivity contribution in [2.75, 3.05) is 23.7 Å². The SMILES string of the molecule is CC[C@H](C(=O)NCCOc1ccc2ccccc2c1)N(c1cc(C)ccc1C)S(C)(=O)=O. The van der Waals surface area contributed by atoms with Crippen molar-refractivity contribution in [1.82, 2.24) is 5.32 Å². The van der Waals surface area contributed by atoms with Crippen LogP contribution in [0.15, 0.2) is 60.7 Å². The topological polar surface area (TPSA) is 75.7 Å². The molecular formula is C25H30N2O4S. The van der Waals surface area contributed by atoms with Gasteiger partial charge in [0.1, 0.15) is 18.4 Å². The van der Waals surface area contributed by atoms with Crippen LogP contribution < -0.4 is 14.4 Å². The molecular weight excluding hydrogens is 424 g/mol. The highest BCUT2D eigenvalue weighted by Gasteiger charge is 2.32. The molecule has 0 heterocycles. The van der Waals surface area contributed by atoms with Crippen LogP contribution in [0.2, 0.25) is 0 Å². The predicted octanol–water partition coefficient (Wildman–Crippen LogP) is 4.20. The number of hydrogen-bond acceptors (Lipinski definition) is 4. The maximum absolute atomic E-state index is 12.9. The number of carbonyl (C=O) groups excluding carboxylic acids is 1. The summed E-state index contributed by atoms with van der Waals surface area (Å²) in [5, 5.41) is 5.04. The van der Waals surface area contributed by atoms with Crippen molar-refractivity contribution >= 4 is 32.4 Å². The van der Waals surface area contributed by atoms with Crippen LogP contribution in [0.5, 0.6) is 5.75 Å². The van der Waals surface area contributed by atoms with Crippen molar-refractivity contribution in [1.29, 1.82) is 0 Å². The Morgan fingerprint density at radius 1 is 1.03 bits per heavy atom. The van der Waals surface area contributed by atoms with Crippen molar-refractivity contribution in [2.24, 2.45) is 0 Å². The van der Waals surface area contributed by atoms with E-state index in [2.05, 4.69) is 5.32 Å². The van der Waals surface area contributed by atoms with Gasteiger partial charge in [-0.15, -0.1) is 0 Å². The summed E-state index contributed by atoms with van der Waals surface area (Å²) in [5.41, 5.74) is 2.26. The Morgan fingerprint density at radius 2 is 1.75 bits per heavy atom. The molecule has 0 aliphatic carbocycles. The summed E-state index contributed by atoms with van der Waals surface area (Å²) in [5.74, 6) is 0.374. The van der Waals surface area contributed by atoms with E-state index < -0.39 is 16.1 Å². The molecule has 0 aromatic heterocycles. The van der Waals surface area contributed by atoms with E-state index in [1.54, 1.807) is 13.0 Å². The van der Waals surface area contributed by atoms with Gasteiger partial charge >= 0.3 is 0 Å². The molecule has 32 heavy (non-hydrogen) atoms. The molecule has 0 radical (unpaired) electrons. The second-order valence-corrected chi connectivity index (χ2v) is 9.78. The van der Waals surface area contributed by atoms with E-state index in [9.17, 15) is 13.2 Å². The fourth-order valence-corrected chi connectivity index (χ4v) is 4.97. The highest BCUT2D eigenvalue weighted by atomic mass is 32.2. The summed E-state index contributed by atoms with van der Waals surface area (Å²) in [4.78, 5) is 12.9. The zero-order valence-electron chi connectivity index (χ0n) is 19.0. The Labute approximate surface area is 190 Å². The summed E-state index contributed by atoms with van der Waals surface area (Å²) < 4.78 is 32.3. The molecule has 1 atom stereocenters. The molecule has 1 amide bonds. The first kappa shape index (κ1) is 23.6. The second kappa shape index (κ2) is 10.0. The molecule has 1 N–H and O–H groups in total. The number of rotatable bonds is 9. The number of sulfonamides is 1. The summed E-state index contributed by atoms with van der Waals surface area (Å²) >= 11 is 0. The van der Waals surface area contributed by atoms with Gasteiger partial charge in [0.05, 0.1) is 18.5 Å². The molecule has 170 valence electrons. The van der Waals surface area contributed by atoms with Crippen molar-refractivity contribution in [3.63, 3.8) is 0 Å². The lowest BCUT2D eigenvalue weighted by atomic mass is 10.1. The molecule has 0 aliphatic rings. The Bertz CT molecular complexity index is 1210. The van der Waals surface area contributed by atoms with Crippen LogP contribution in [-0.2, 0) is 14.8 Å². The molecule has 3 aromatic carbocycles. The van der Waals surface area contributed by atoms with Gasteiger partial charge in [0.2, 0.25) is 15.9 Å². The van der Waals surface area contributed by atoms with Gasteiger partial charge in [-0.05, 0) is 60.4 Å². The first-order chi connectivity index (χ1) is 15.2. The zero-order chi connectivity index (χ0) is 23.3. The third kappa shape index (κ3) is 5.59. The van der Waals surface area contributed by atoms with Crippen LogP contribution in [0.3, 0.4) is 0 Å². The quantitative estimate of drug-likeness (QED) is 0.492. The Hall–Kier alpha value is -3.06. The fraction of sp³-hybridized carbons (Fsp3) is 0.320. The number of nitrogens with one attached hydrogen (secondary N) is 1. The van der Waals surface area contributed by atoms with E-state index in [1.807, 2.05) is 68.4 Å². The van der Waals surface area contributed by atoms with Gasteiger partial charge in [0.15, 0.2) is 0 Å². The average molecular weight is 455 g/mol. The molecule has 0 spiro atoms. The van der Waals surface area contributed by atoms with Crippen LogP contribution in [0.25, 0.3) is 10.8 Å². The maximum Gasteiger partial charge on any atom is 0.244 e. The third-order valence-electron chi connectivity index (χ3n) is 5.32. The van der Waals surface area contributed by atoms with Gasteiger partial charge in [0, 0.05) is 0 Å². The van der Waals surface area contributed by atoms with Gasteiger partial charge in [-0.1, -0.05) is 49.4 Å². The molecule has 0 unspecified atom stereocenters. The Kier molecular flexibility index (Phi) is 7.40. The number of benzene rings is 3. The molecule has 0 fully saturated rings. The van der Waals surface area contributed by atoms with E-state index in [4.69, 9.17) is 4.74 Å². The van der Waals surface area contributed by atoms with E-state index in [0.29, 0.717) is 12.1 Å². The van der Waals surface area contributed by atoms with Crippen molar-refractivity contribution in [3.05, 3.63) is 71.8 Å². The van der Waals surface area contributed by atoms with Crippen LogP contribution in [-0.4, -0.2) is 39.8 Å². The fourth-order valence-electron chi connectivity index (χ4n) is 3.71. The van der Waals surface area contributed by atoms with Crippen LogP contribution in [0, 0.1) is 13.8 Å². The standard InChI is InChI=1S/C25H30N2O4S/c1-5-23(27(32(4,29)30)24-16-18(2)10-11-19(24)3)25(28)26-14-15-31-22-13-12-20-8-6-7-9-21(20)17-22/h6-13,16-17,23H,5,14-15H2,1-4H3,(H,26,28)/t23-/m1/s1. The van der Waals surface area contributed by atoms with E-state index in [1.165, 1.54) is 4.31 Å². The summed E-state index contributed by atoms with van der Waals surface area (Å²) in [6, 6.07) is 18.6. The van der Waals surface area contributed by atoms with Gasteiger partial charge in [-0.3, -0.25) is 9.10 Å². The minimum Gasteiger partial charge on any atom is -0.492 e. The number of fused-ring (bicyclic) bond motifs is 1. The number of ether oxygens (including phenoxy) is 1. The van der Waals surface area contributed by atoms with Gasteiger partial charge in [-0.25, -0.2) is 8.42 Å². The second-order valence-electron chi connectivity index (χ2n) is 7.92. The third-order valence-corrected chi connectivity index (χ3v) is 6.49. The van der Waals surface area contributed by atoms with E-state index >= 15 is 0 Å². The normalized spacial score (nSPS) is 12.4. The summed E-state index contributed by atoms with van der Waals surface area (Å²) in [6.07, 6.45) is 1.48. The van der Waals surface area contributed by atoms with Gasteiger partial charge < -0.3 is 10.1 Å². The highest BCUT2D eigenvalue weighted by molar-refractivity contribution is 7.92. The lowest BCUT2D eigenvalue weighted by Crippen LogP contribution is -2.50. The van der Waals surface area contributed by atoms with E-state index in [-0.39, 0.29) is 19.1 Å². The smallest absolute Gasteiger partial charge is 0.244 e. The first-order valence-corrected chi connectivity index (χ1v) is 12.5. The molecule has 0 aliphatic heterocycles. The molecule has 7 heteroatoms.